The Balaban J connectivity index is 2.30. The summed E-state index contributed by atoms with van der Waals surface area (Å²) >= 11 is 0. The maximum atomic E-state index is 12.0. The minimum absolute atomic E-state index is 0.148. The van der Waals surface area contributed by atoms with E-state index in [1.54, 1.807) is 30.3 Å². The number of benzene rings is 2. The predicted molar refractivity (Wildman–Crippen MR) is 88.4 cm³/mol. The van der Waals surface area contributed by atoms with Gasteiger partial charge in [0, 0.05) is 0 Å². The van der Waals surface area contributed by atoms with Gasteiger partial charge >= 0.3 is 11.9 Å². The molecule has 0 heterocycles. The molecule has 124 valence electrons. The van der Waals surface area contributed by atoms with Crippen LogP contribution in [0.25, 0.3) is 6.08 Å². The molecule has 2 aromatic rings. The van der Waals surface area contributed by atoms with E-state index in [2.05, 4.69) is 4.72 Å². The van der Waals surface area contributed by atoms with Crippen LogP contribution >= 0.6 is 0 Å². The number of hydrogen-bond donors (Lipinski definition) is 3. The van der Waals surface area contributed by atoms with E-state index in [9.17, 15) is 18.0 Å². The first-order chi connectivity index (χ1) is 11.3. The highest BCUT2D eigenvalue weighted by Gasteiger charge is 2.14. The van der Waals surface area contributed by atoms with Gasteiger partial charge < -0.3 is 10.2 Å². The summed E-state index contributed by atoms with van der Waals surface area (Å²) in [5.74, 6) is -2.73. The molecule has 7 nitrogen and oxygen atoms in total. The summed E-state index contributed by atoms with van der Waals surface area (Å²) in [6.45, 7) is 0. The summed E-state index contributed by atoms with van der Waals surface area (Å²) in [4.78, 5) is 22.0. The molecule has 0 atom stereocenters. The first kappa shape index (κ1) is 17.2. The van der Waals surface area contributed by atoms with Crippen molar-refractivity contribution in [3.63, 3.8) is 0 Å². The van der Waals surface area contributed by atoms with Gasteiger partial charge in [-0.15, -0.1) is 0 Å². The van der Waals surface area contributed by atoms with Crippen molar-refractivity contribution < 1.29 is 28.2 Å². The SMILES string of the molecule is O=C(O)c1cc(NS(=O)(=O)/C=C\c2ccccc2)cc(C(=O)O)c1. The Labute approximate surface area is 137 Å². The first-order valence-corrected chi connectivity index (χ1v) is 8.19. The van der Waals surface area contributed by atoms with Crippen LogP contribution in [-0.4, -0.2) is 30.6 Å². The summed E-state index contributed by atoms with van der Waals surface area (Å²) in [6.07, 6.45) is 1.36. The van der Waals surface area contributed by atoms with Crippen LogP contribution in [0, 0.1) is 0 Å². The Hall–Kier alpha value is -3.13. The lowest BCUT2D eigenvalue weighted by Gasteiger charge is -2.07. The largest absolute Gasteiger partial charge is 0.478 e. The van der Waals surface area contributed by atoms with Gasteiger partial charge in [-0.25, -0.2) is 18.0 Å². The molecule has 3 N–H and O–H groups in total. The predicted octanol–water partition coefficient (Wildman–Crippen LogP) is 2.50. The van der Waals surface area contributed by atoms with E-state index in [-0.39, 0.29) is 16.8 Å². The van der Waals surface area contributed by atoms with Crippen LogP contribution in [0.4, 0.5) is 5.69 Å². The quantitative estimate of drug-likeness (QED) is 0.738. The molecule has 0 radical (unpaired) electrons. The number of hydrogen-bond acceptors (Lipinski definition) is 4. The fourth-order valence-electron chi connectivity index (χ4n) is 1.86. The van der Waals surface area contributed by atoms with E-state index in [4.69, 9.17) is 10.2 Å². The monoisotopic (exact) mass is 347 g/mol. The molecule has 2 aromatic carbocycles. The van der Waals surface area contributed by atoms with Gasteiger partial charge in [0.25, 0.3) is 10.0 Å². The summed E-state index contributed by atoms with van der Waals surface area (Å²) in [7, 11) is -3.93. The average molecular weight is 347 g/mol. The lowest BCUT2D eigenvalue weighted by Crippen LogP contribution is -2.11. The fraction of sp³-hybridized carbons (Fsp3) is 0. The molecule has 0 bridgehead atoms. The van der Waals surface area contributed by atoms with E-state index in [1.165, 1.54) is 6.08 Å². The molecular formula is C16H13NO6S. The minimum Gasteiger partial charge on any atom is -0.478 e. The normalized spacial score (nSPS) is 11.3. The molecule has 0 saturated carbocycles. The van der Waals surface area contributed by atoms with Crippen molar-refractivity contribution >= 4 is 33.7 Å². The van der Waals surface area contributed by atoms with E-state index < -0.39 is 22.0 Å². The van der Waals surface area contributed by atoms with Crippen molar-refractivity contribution in [1.82, 2.24) is 0 Å². The van der Waals surface area contributed by atoms with Gasteiger partial charge in [0.15, 0.2) is 0 Å². The molecule has 0 fully saturated rings. The fourth-order valence-corrected chi connectivity index (χ4v) is 2.71. The van der Waals surface area contributed by atoms with E-state index in [0.717, 1.165) is 23.6 Å². The van der Waals surface area contributed by atoms with Crippen LogP contribution in [0.5, 0.6) is 0 Å². The first-order valence-electron chi connectivity index (χ1n) is 6.64. The lowest BCUT2D eigenvalue weighted by molar-refractivity contribution is 0.0696. The maximum absolute atomic E-state index is 12.0. The zero-order valence-corrected chi connectivity index (χ0v) is 13.0. The number of sulfonamides is 1. The summed E-state index contributed by atoms with van der Waals surface area (Å²) in [5, 5.41) is 18.9. The van der Waals surface area contributed by atoms with Crippen molar-refractivity contribution in [1.29, 1.82) is 0 Å². The molecule has 0 amide bonds. The minimum atomic E-state index is -3.93. The molecule has 2 rings (SSSR count). The highest BCUT2D eigenvalue weighted by atomic mass is 32.2. The topological polar surface area (TPSA) is 121 Å². The summed E-state index contributed by atoms with van der Waals surface area (Å²) in [5.41, 5.74) is -0.155. The number of carboxylic acids is 2. The number of nitrogens with one attached hydrogen (secondary N) is 1. The molecule has 0 spiro atoms. The summed E-state index contributed by atoms with van der Waals surface area (Å²) in [6, 6.07) is 11.7. The van der Waals surface area contributed by atoms with Gasteiger partial charge in [0.05, 0.1) is 22.2 Å². The number of aromatic carboxylic acids is 2. The number of carbonyl (C=O) groups is 2. The maximum Gasteiger partial charge on any atom is 0.335 e. The smallest absolute Gasteiger partial charge is 0.335 e. The van der Waals surface area contributed by atoms with Gasteiger partial charge in [-0.3, -0.25) is 4.72 Å². The van der Waals surface area contributed by atoms with Crippen molar-refractivity contribution in [2.75, 3.05) is 4.72 Å². The van der Waals surface area contributed by atoms with E-state index >= 15 is 0 Å². The molecule has 0 saturated heterocycles. The molecule has 24 heavy (non-hydrogen) atoms. The van der Waals surface area contributed by atoms with Crippen LogP contribution in [-0.2, 0) is 10.0 Å². The Morgan fingerprint density at radius 3 is 1.96 bits per heavy atom. The Morgan fingerprint density at radius 1 is 0.917 bits per heavy atom. The number of carboxylic acid groups (broad SMARTS) is 2. The van der Waals surface area contributed by atoms with Gasteiger partial charge in [0.2, 0.25) is 0 Å². The summed E-state index contributed by atoms with van der Waals surface area (Å²) < 4.78 is 26.2. The van der Waals surface area contributed by atoms with Gasteiger partial charge in [0.1, 0.15) is 0 Å². The molecule has 0 aliphatic heterocycles. The molecule has 0 unspecified atom stereocenters. The van der Waals surface area contributed by atoms with Crippen LogP contribution < -0.4 is 4.72 Å². The number of rotatable bonds is 6. The van der Waals surface area contributed by atoms with Crippen LogP contribution in [0.3, 0.4) is 0 Å². The second-order valence-electron chi connectivity index (χ2n) is 4.77. The van der Waals surface area contributed by atoms with Crippen molar-refractivity contribution in [2.24, 2.45) is 0 Å². The van der Waals surface area contributed by atoms with E-state index in [1.807, 2.05) is 0 Å². The van der Waals surface area contributed by atoms with Crippen LogP contribution in [0.2, 0.25) is 0 Å². The van der Waals surface area contributed by atoms with Gasteiger partial charge in [-0.05, 0) is 29.8 Å². The molecular weight excluding hydrogens is 334 g/mol. The third-order valence-corrected chi connectivity index (χ3v) is 3.94. The second-order valence-corrected chi connectivity index (χ2v) is 6.34. The van der Waals surface area contributed by atoms with Crippen molar-refractivity contribution in [3.8, 4) is 0 Å². The lowest BCUT2D eigenvalue weighted by atomic mass is 10.1. The standard InChI is InChI=1S/C16H13NO6S/c18-15(19)12-8-13(16(20)21)10-14(9-12)17-24(22,23)7-6-11-4-2-1-3-5-11/h1-10,17H,(H,18,19)(H,20,21)/b7-6-. The van der Waals surface area contributed by atoms with Crippen LogP contribution in [0.15, 0.2) is 53.9 Å². The molecule has 8 heteroatoms. The zero-order chi connectivity index (χ0) is 17.7. The number of anilines is 1. The highest BCUT2D eigenvalue weighted by Crippen LogP contribution is 2.17. The van der Waals surface area contributed by atoms with Crippen molar-refractivity contribution in [3.05, 3.63) is 70.6 Å². The third-order valence-electron chi connectivity index (χ3n) is 2.93. The second kappa shape index (κ2) is 6.97. The zero-order valence-electron chi connectivity index (χ0n) is 12.2. The highest BCUT2D eigenvalue weighted by molar-refractivity contribution is 7.95. The third kappa shape index (κ3) is 4.68. The Kier molecular flexibility index (Phi) is 5.00. The Morgan fingerprint density at radius 2 is 1.46 bits per heavy atom. The molecule has 0 aliphatic rings. The molecule has 0 aliphatic carbocycles. The average Bonchev–Trinajstić information content (AvgIpc) is 2.53. The van der Waals surface area contributed by atoms with Gasteiger partial charge in [-0.2, -0.15) is 0 Å². The van der Waals surface area contributed by atoms with Gasteiger partial charge in [-0.1, -0.05) is 30.3 Å². The Bertz CT molecular complexity index is 871. The van der Waals surface area contributed by atoms with Crippen molar-refractivity contribution in [2.45, 2.75) is 0 Å². The van der Waals surface area contributed by atoms with E-state index in [0.29, 0.717) is 5.56 Å². The molecule has 0 aromatic heterocycles. The van der Waals surface area contributed by atoms with Crippen LogP contribution in [0.1, 0.15) is 26.3 Å².